The van der Waals surface area contributed by atoms with Crippen LogP contribution in [0.1, 0.15) is 27.0 Å². The number of aromatic hydroxyl groups is 1. The lowest BCUT2D eigenvalue weighted by molar-refractivity contribution is 0.0781. The zero-order valence-electron chi connectivity index (χ0n) is 12.4. The molecule has 0 radical (unpaired) electrons. The van der Waals surface area contributed by atoms with E-state index < -0.39 is 0 Å². The second kappa shape index (κ2) is 5.95. The maximum absolute atomic E-state index is 13.2. The van der Waals surface area contributed by atoms with Crippen molar-refractivity contribution in [3.63, 3.8) is 0 Å². The van der Waals surface area contributed by atoms with Gasteiger partial charge in [0, 0.05) is 13.6 Å². The number of phenolic OH excluding ortho intramolecular Hbond substituents is 1. The second-order valence-electron chi connectivity index (χ2n) is 5.19. The molecule has 0 heterocycles. The van der Waals surface area contributed by atoms with Crippen LogP contribution in [0.15, 0.2) is 36.4 Å². The Balaban J connectivity index is 2.22. The number of amides is 1. The molecule has 2 aromatic carbocycles. The molecule has 1 amide bonds. The number of phenols is 1. The lowest BCUT2D eigenvalue weighted by atomic mass is 10.0. The van der Waals surface area contributed by atoms with Crippen molar-refractivity contribution in [1.29, 1.82) is 0 Å². The minimum Gasteiger partial charge on any atom is -0.507 e. The predicted octanol–water partition coefficient (Wildman–Crippen LogP) is 3.42. The molecule has 0 aromatic heterocycles. The SMILES string of the molecule is Cc1ccc(C(=O)N(C)Cc2cccc(F)c2)c(O)c1C. The Morgan fingerprint density at radius 3 is 2.62 bits per heavy atom. The minimum absolute atomic E-state index is 0.00564. The Kier molecular flexibility index (Phi) is 4.26. The van der Waals surface area contributed by atoms with E-state index >= 15 is 0 Å². The van der Waals surface area contributed by atoms with Crippen molar-refractivity contribution in [2.24, 2.45) is 0 Å². The van der Waals surface area contributed by atoms with Gasteiger partial charge >= 0.3 is 0 Å². The number of nitrogens with zero attached hydrogens (tertiary/aromatic N) is 1. The normalized spacial score (nSPS) is 10.5. The topological polar surface area (TPSA) is 40.5 Å². The Bertz CT molecular complexity index is 682. The van der Waals surface area contributed by atoms with Crippen LogP contribution in [0.2, 0.25) is 0 Å². The summed E-state index contributed by atoms with van der Waals surface area (Å²) in [6.45, 7) is 3.93. The summed E-state index contributed by atoms with van der Waals surface area (Å²) < 4.78 is 13.2. The summed E-state index contributed by atoms with van der Waals surface area (Å²) in [5.74, 6) is -0.617. The van der Waals surface area contributed by atoms with Crippen LogP contribution in [-0.4, -0.2) is 23.0 Å². The molecule has 0 unspecified atom stereocenters. The molecule has 0 aliphatic heterocycles. The molecule has 2 rings (SSSR count). The number of rotatable bonds is 3. The van der Waals surface area contributed by atoms with Gasteiger partial charge in [-0.3, -0.25) is 4.79 Å². The largest absolute Gasteiger partial charge is 0.507 e. The average molecular weight is 287 g/mol. The first kappa shape index (κ1) is 15.0. The van der Waals surface area contributed by atoms with Crippen molar-refractivity contribution >= 4 is 5.91 Å². The molecule has 21 heavy (non-hydrogen) atoms. The van der Waals surface area contributed by atoms with Gasteiger partial charge in [-0.15, -0.1) is 0 Å². The van der Waals surface area contributed by atoms with Crippen LogP contribution in [0.4, 0.5) is 4.39 Å². The smallest absolute Gasteiger partial charge is 0.257 e. The summed E-state index contributed by atoms with van der Waals surface area (Å²) >= 11 is 0. The van der Waals surface area contributed by atoms with E-state index in [0.717, 1.165) is 5.56 Å². The Hall–Kier alpha value is -2.36. The van der Waals surface area contributed by atoms with Gasteiger partial charge in [-0.05, 0) is 48.7 Å². The monoisotopic (exact) mass is 287 g/mol. The molecule has 4 heteroatoms. The van der Waals surface area contributed by atoms with E-state index in [4.69, 9.17) is 0 Å². The zero-order chi connectivity index (χ0) is 15.6. The Morgan fingerprint density at radius 2 is 1.95 bits per heavy atom. The summed E-state index contributed by atoms with van der Waals surface area (Å²) in [6.07, 6.45) is 0. The Morgan fingerprint density at radius 1 is 1.24 bits per heavy atom. The third-order valence-corrected chi connectivity index (χ3v) is 3.59. The number of hydrogen-bond acceptors (Lipinski definition) is 2. The number of halogens is 1. The van der Waals surface area contributed by atoms with E-state index in [-0.39, 0.29) is 29.6 Å². The maximum Gasteiger partial charge on any atom is 0.257 e. The van der Waals surface area contributed by atoms with Crippen molar-refractivity contribution in [3.8, 4) is 5.75 Å². The zero-order valence-corrected chi connectivity index (χ0v) is 12.4. The first-order valence-corrected chi connectivity index (χ1v) is 6.69. The Labute approximate surface area is 123 Å². The van der Waals surface area contributed by atoms with Gasteiger partial charge in [0.2, 0.25) is 0 Å². The third-order valence-electron chi connectivity index (χ3n) is 3.59. The minimum atomic E-state index is -0.331. The molecule has 0 bridgehead atoms. The van der Waals surface area contributed by atoms with E-state index in [2.05, 4.69) is 0 Å². The van der Waals surface area contributed by atoms with Gasteiger partial charge in [-0.25, -0.2) is 4.39 Å². The molecular formula is C17H18FNO2. The lowest BCUT2D eigenvalue weighted by Gasteiger charge is -2.19. The van der Waals surface area contributed by atoms with Gasteiger partial charge in [-0.2, -0.15) is 0 Å². The standard InChI is InChI=1S/C17H18FNO2/c1-11-7-8-15(16(20)12(11)2)17(21)19(3)10-13-5-4-6-14(18)9-13/h4-9,20H,10H2,1-3H3. The fraction of sp³-hybridized carbons (Fsp3) is 0.235. The summed E-state index contributed by atoms with van der Waals surface area (Å²) in [6, 6.07) is 9.54. The molecule has 1 N–H and O–H groups in total. The second-order valence-corrected chi connectivity index (χ2v) is 5.19. The highest BCUT2D eigenvalue weighted by atomic mass is 19.1. The number of benzene rings is 2. The first-order valence-electron chi connectivity index (χ1n) is 6.69. The van der Waals surface area contributed by atoms with E-state index in [1.807, 2.05) is 6.92 Å². The van der Waals surface area contributed by atoms with E-state index in [9.17, 15) is 14.3 Å². The van der Waals surface area contributed by atoms with Crippen molar-refractivity contribution < 1.29 is 14.3 Å². The number of carbonyl (C=O) groups excluding carboxylic acids is 1. The fourth-order valence-corrected chi connectivity index (χ4v) is 2.16. The van der Waals surface area contributed by atoms with Crippen LogP contribution in [0.3, 0.4) is 0 Å². The molecular weight excluding hydrogens is 269 g/mol. The molecule has 0 saturated heterocycles. The highest BCUT2D eigenvalue weighted by Gasteiger charge is 2.18. The van der Waals surface area contributed by atoms with Gasteiger partial charge in [-0.1, -0.05) is 18.2 Å². The van der Waals surface area contributed by atoms with Gasteiger partial charge in [0.1, 0.15) is 11.6 Å². The van der Waals surface area contributed by atoms with Crippen molar-refractivity contribution in [1.82, 2.24) is 4.90 Å². The summed E-state index contributed by atoms with van der Waals surface area (Å²) in [5, 5.41) is 10.1. The van der Waals surface area contributed by atoms with Crippen LogP contribution < -0.4 is 0 Å². The summed E-state index contributed by atoms with van der Waals surface area (Å²) in [7, 11) is 1.63. The molecule has 2 aromatic rings. The van der Waals surface area contributed by atoms with Crippen LogP contribution in [0.25, 0.3) is 0 Å². The number of aryl methyl sites for hydroxylation is 1. The van der Waals surface area contributed by atoms with Gasteiger partial charge in [0.05, 0.1) is 5.56 Å². The quantitative estimate of drug-likeness (QED) is 0.939. The first-order chi connectivity index (χ1) is 9.90. The molecule has 0 spiro atoms. The van der Waals surface area contributed by atoms with Gasteiger partial charge in [0.15, 0.2) is 0 Å². The average Bonchev–Trinajstić information content (AvgIpc) is 2.44. The summed E-state index contributed by atoms with van der Waals surface area (Å²) in [4.78, 5) is 13.8. The highest BCUT2D eigenvalue weighted by molar-refractivity contribution is 5.97. The van der Waals surface area contributed by atoms with Crippen molar-refractivity contribution in [3.05, 3.63) is 64.5 Å². The van der Waals surface area contributed by atoms with E-state index in [0.29, 0.717) is 11.1 Å². The third kappa shape index (κ3) is 3.21. The molecule has 0 saturated carbocycles. The van der Waals surface area contributed by atoms with Crippen molar-refractivity contribution in [2.75, 3.05) is 7.05 Å². The van der Waals surface area contributed by atoms with E-state index in [1.54, 1.807) is 38.2 Å². The van der Waals surface area contributed by atoms with Crippen LogP contribution in [-0.2, 0) is 6.54 Å². The number of hydrogen-bond donors (Lipinski definition) is 1. The molecule has 0 atom stereocenters. The number of carbonyl (C=O) groups is 1. The van der Waals surface area contributed by atoms with Crippen LogP contribution >= 0.6 is 0 Å². The van der Waals surface area contributed by atoms with Gasteiger partial charge in [0.25, 0.3) is 5.91 Å². The van der Waals surface area contributed by atoms with Gasteiger partial charge < -0.3 is 10.0 Å². The summed E-state index contributed by atoms with van der Waals surface area (Å²) in [5.41, 5.74) is 2.59. The maximum atomic E-state index is 13.2. The van der Waals surface area contributed by atoms with Crippen LogP contribution in [0.5, 0.6) is 5.75 Å². The molecule has 3 nitrogen and oxygen atoms in total. The van der Waals surface area contributed by atoms with E-state index in [1.165, 1.54) is 17.0 Å². The van der Waals surface area contributed by atoms with Crippen LogP contribution in [0, 0.1) is 19.7 Å². The lowest BCUT2D eigenvalue weighted by Crippen LogP contribution is -2.26. The molecule has 0 aliphatic rings. The fourth-order valence-electron chi connectivity index (χ4n) is 2.16. The molecule has 0 fully saturated rings. The van der Waals surface area contributed by atoms with Crippen molar-refractivity contribution in [2.45, 2.75) is 20.4 Å². The molecule has 0 aliphatic carbocycles. The molecule has 110 valence electrons. The predicted molar refractivity (Wildman–Crippen MR) is 79.8 cm³/mol. The highest BCUT2D eigenvalue weighted by Crippen LogP contribution is 2.26.